The monoisotopic (exact) mass is 214 g/mol. The van der Waals surface area contributed by atoms with E-state index in [9.17, 15) is 0 Å². The standard InChI is InChI=1S/C11H22N2O2/c1-14-10-7-13(8-11(10)15-2)4-3-9-5-12-6-9/h9-12H,3-8H2,1-2H3. The summed E-state index contributed by atoms with van der Waals surface area (Å²) in [6, 6.07) is 0. The fourth-order valence-electron chi connectivity index (χ4n) is 2.37. The Bertz CT molecular complexity index is 185. The largest absolute Gasteiger partial charge is 0.377 e. The molecular formula is C11H22N2O2. The number of nitrogens with one attached hydrogen (secondary N) is 1. The Labute approximate surface area is 91.9 Å². The Morgan fingerprint density at radius 2 is 1.73 bits per heavy atom. The number of nitrogens with zero attached hydrogens (tertiary/aromatic N) is 1. The Morgan fingerprint density at radius 1 is 1.13 bits per heavy atom. The lowest BCUT2D eigenvalue weighted by molar-refractivity contribution is -0.00461. The molecule has 0 amide bonds. The van der Waals surface area contributed by atoms with Gasteiger partial charge in [0.05, 0.1) is 12.2 Å². The van der Waals surface area contributed by atoms with E-state index in [1.807, 2.05) is 0 Å². The number of rotatable bonds is 5. The van der Waals surface area contributed by atoms with Crippen molar-refractivity contribution >= 4 is 0 Å². The molecule has 2 unspecified atom stereocenters. The van der Waals surface area contributed by atoms with Crippen LogP contribution >= 0.6 is 0 Å². The van der Waals surface area contributed by atoms with Gasteiger partial charge in [0.15, 0.2) is 0 Å². The zero-order valence-corrected chi connectivity index (χ0v) is 9.74. The molecule has 2 aliphatic heterocycles. The van der Waals surface area contributed by atoms with Crippen LogP contribution in [0.25, 0.3) is 0 Å². The highest BCUT2D eigenvalue weighted by Gasteiger charge is 2.33. The summed E-state index contributed by atoms with van der Waals surface area (Å²) in [5, 5.41) is 3.31. The van der Waals surface area contributed by atoms with Gasteiger partial charge in [-0.25, -0.2) is 0 Å². The molecule has 15 heavy (non-hydrogen) atoms. The number of ether oxygens (including phenoxy) is 2. The minimum atomic E-state index is 0.259. The fourth-order valence-corrected chi connectivity index (χ4v) is 2.37. The van der Waals surface area contributed by atoms with E-state index in [0.717, 1.165) is 19.0 Å². The minimum Gasteiger partial charge on any atom is -0.377 e. The molecule has 0 bridgehead atoms. The second kappa shape index (κ2) is 5.25. The van der Waals surface area contributed by atoms with Crippen molar-refractivity contribution in [3.63, 3.8) is 0 Å². The second-order valence-corrected chi connectivity index (χ2v) is 4.62. The van der Waals surface area contributed by atoms with Gasteiger partial charge in [0.25, 0.3) is 0 Å². The average Bonchev–Trinajstić information content (AvgIpc) is 2.58. The summed E-state index contributed by atoms with van der Waals surface area (Å²) in [7, 11) is 3.55. The third-order valence-electron chi connectivity index (χ3n) is 3.62. The number of likely N-dealkylation sites (tertiary alicyclic amines) is 1. The van der Waals surface area contributed by atoms with Crippen LogP contribution in [-0.4, -0.2) is 64.1 Å². The van der Waals surface area contributed by atoms with Gasteiger partial charge >= 0.3 is 0 Å². The maximum atomic E-state index is 5.41. The SMILES string of the molecule is COC1CN(CCC2CNC2)CC1OC. The first-order chi connectivity index (χ1) is 7.33. The molecule has 2 aliphatic rings. The van der Waals surface area contributed by atoms with Crippen molar-refractivity contribution in [2.45, 2.75) is 18.6 Å². The highest BCUT2D eigenvalue weighted by atomic mass is 16.5. The predicted molar refractivity (Wildman–Crippen MR) is 59.0 cm³/mol. The van der Waals surface area contributed by atoms with E-state index in [2.05, 4.69) is 10.2 Å². The topological polar surface area (TPSA) is 33.7 Å². The zero-order valence-electron chi connectivity index (χ0n) is 9.74. The molecule has 2 heterocycles. The number of hydrogen-bond acceptors (Lipinski definition) is 4. The average molecular weight is 214 g/mol. The Hall–Kier alpha value is -0.160. The van der Waals surface area contributed by atoms with Crippen LogP contribution in [0.4, 0.5) is 0 Å². The van der Waals surface area contributed by atoms with E-state index in [0.29, 0.717) is 0 Å². The molecule has 2 rings (SSSR count). The molecule has 4 heteroatoms. The van der Waals surface area contributed by atoms with E-state index in [4.69, 9.17) is 9.47 Å². The molecule has 1 N–H and O–H groups in total. The van der Waals surface area contributed by atoms with Crippen LogP contribution in [0.3, 0.4) is 0 Å². The van der Waals surface area contributed by atoms with Crippen LogP contribution in [0.1, 0.15) is 6.42 Å². The van der Waals surface area contributed by atoms with Crippen molar-refractivity contribution in [1.29, 1.82) is 0 Å². The summed E-state index contributed by atoms with van der Waals surface area (Å²) < 4.78 is 10.8. The summed E-state index contributed by atoms with van der Waals surface area (Å²) in [4.78, 5) is 2.46. The maximum Gasteiger partial charge on any atom is 0.0971 e. The predicted octanol–water partition coefficient (Wildman–Crippen LogP) is -0.0585. The van der Waals surface area contributed by atoms with Crippen molar-refractivity contribution in [1.82, 2.24) is 10.2 Å². The van der Waals surface area contributed by atoms with E-state index in [-0.39, 0.29) is 12.2 Å². The zero-order chi connectivity index (χ0) is 10.7. The molecule has 0 radical (unpaired) electrons. The summed E-state index contributed by atoms with van der Waals surface area (Å²) >= 11 is 0. The first kappa shape index (κ1) is 11.3. The summed E-state index contributed by atoms with van der Waals surface area (Å²) in [5.74, 6) is 0.896. The maximum absolute atomic E-state index is 5.41. The van der Waals surface area contributed by atoms with Crippen LogP contribution in [-0.2, 0) is 9.47 Å². The number of hydrogen-bond donors (Lipinski definition) is 1. The molecule has 0 saturated carbocycles. The highest BCUT2D eigenvalue weighted by Crippen LogP contribution is 2.17. The Kier molecular flexibility index (Phi) is 3.97. The van der Waals surface area contributed by atoms with Gasteiger partial charge in [-0.1, -0.05) is 0 Å². The molecule has 88 valence electrons. The molecule has 0 aliphatic carbocycles. The smallest absolute Gasteiger partial charge is 0.0971 e. The van der Waals surface area contributed by atoms with Crippen molar-refractivity contribution in [2.24, 2.45) is 5.92 Å². The first-order valence-electron chi connectivity index (χ1n) is 5.82. The Balaban J connectivity index is 1.70. The molecule has 0 aromatic rings. The lowest BCUT2D eigenvalue weighted by Gasteiger charge is -2.28. The van der Waals surface area contributed by atoms with E-state index in [1.165, 1.54) is 26.1 Å². The number of methoxy groups -OCH3 is 2. The van der Waals surface area contributed by atoms with Crippen LogP contribution in [0.15, 0.2) is 0 Å². The molecule has 0 aromatic carbocycles. The molecule has 2 atom stereocenters. The lowest BCUT2D eigenvalue weighted by atomic mass is 9.99. The highest BCUT2D eigenvalue weighted by molar-refractivity contribution is 4.86. The van der Waals surface area contributed by atoms with Gasteiger partial charge in [0.1, 0.15) is 0 Å². The van der Waals surface area contributed by atoms with Gasteiger partial charge in [-0.15, -0.1) is 0 Å². The summed E-state index contributed by atoms with van der Waals surface area (Å²) in [5.41, 5.74) is 0. The summed E-state index contributed by atoms with van der Waals surface area (Å²) in [6.45, 7) is 5.64. The lowest BCUT2D eigenvalue weighted by Crippen LogP contribution is -2.43. The van der Waals surface area contributed by atoms with E-state index >= 15 is 0 Å². The van der Waals surface area contributed by atoms with Crippen molar-refractivity contribution in [2.75, 3.05) is 46.9 Å². The van der Waals surface area contributed by atoms with Gasteiger partial charge < -0.3 is 14.8 Å². The van der Waals surface area contributed by atoms with Crippen molar-refractivity contribution in [3.8, 4) is 0 Å². The van der Waals surface area contributed by atoms with E-state index < -0.39 is 0 Å². The molecule has 0 aromatic heterocycles. The van der Waals surface area contributed by atoms with E-state index in [1.54, 1.807) is 14.2 Å². The second-order valence-electron chi connectivity index (χ2n) is 4.62. The third kappa shape index (κ3) is 2.69. The fraction of sp³-hybridized carbons (Fsp3) is 1.00. The van der Waals surface area contributed by atoms with Gasteiger partial charge in [0, 0.05) is 27.3 Å². The normalized spacial score (nSPS) is 33.2. The van der Waals surface area contributed by atoms with Crippen molar-refractivity contribution < 1.29 is 9.47 Å². The van der Waals surface area contributed by atoms with Gasteiger partial charge in [-0.3, -0.25) is 4.90 Å². The van der Waals surface area contributed by atoms with Crippen molar-refractivity contribution in [3.05, 3.63) is 0 Å². The van der Waals surface area contributed by atoms with Gasteiger partial charge in [0.2, 0.25) is 0 Å². The van der Waals surface area contributed by atoms with Crippen LogP contribution in [0.2, 0.25) is 0 Å². The minimum absolute atomic E-state index is 0.259. The van der Waals surface area contributed by atoms with Gasteiger partial charge in [-0.2, -0.15) is 0 Å². The molecule has 2 fully saturated rings. The molecular weight excluding hydrogens is 192 g/mol. The van der Waals surface area contributed by atoms with Crippen LogP contribution < -0.4 is 5.32 Å². The summed E-state index contributed by atoms with van der Waals surface area (Å²) in [6.07, 6.45) is 1.82. The Morgan fingerprint density at radius 3 is 2.13 bits per heavy atom. The van der Waals surface area contributed by atoms with Crippen LogP contribution in [0, 0.1) is 5.92 Å². The molecule has 0 spiro atoms. The third-order valence-corrected chi connectivity index (χ3v) is 3.62. The van der Waals surface area contributed by atoms with Crippen LogP contribution in [0.5, 0.6) is 0 Å². The quantitative estimate of drug-likeness (QED) is 0.695. The molecule has 2 saturated heterocycles. The first-order valence-corrected chi connectivity index (χ1v) is 5.82. The van der Waals surface area contributed by atoms with Gasteiger partial charge in [-0.05, 0) is 32.0 Å². The molecule has 4 nitrogen and oxygen atoms in total.